The highest BCUT2D eigenvalue weighted by Gasteiger charge is 2.22. The van der Waals surface area contributed by atoms with Gasteiger partial charge in [-0.15, -0.1) is 0 Å². The van der Waals surface area contributed by atoms with Crippen molar-refractivity contribution in [2.45, 2.75) is 25.4 Å². The molecule has 0 unspecified atom stereocenters. The Hall–Kier alpha value is -2.59. The van der Waals surface area contributed by atoms with Crippen molar-refractivity contribution in [2.75, 3.05) is 10.6 Å². The van der Waals surface area contributed by atoms with Crippen molar-refractivity contribution in [1.29, 1.82) is 0 Å². The first-order valence-electron chi connectivity index (χ1n) is 8.46. The average Bonchev–Trinajstić information content (AvgIpc) is 3.46. The minimum Gasteiger partial charge on any atom is -0.367 e. The molecule has 2 aromatic carbocycles. The van der Waals surface area contributed by atoms with Gasteiger partial charge in [-0.2, -0.15) is 0 Å². The molecule has 0 saturated heterocycles. The van der Waals surface area contributed by atoms with Gasteiger partial charge in [0.2, 0.25) is 0 Å². The number of hydrogen-bond acceptors (Lipinski definition) is 4. The zero-order chi connectivity index (χ0) is 17.1. The molecule has 0 bridgehead atoms. The minimum absolute atomic E-state index is 0.537. The second kappa shape index (κ2) is 7.11. The molecule has 1 heterocycles. The van der Waals surface area contributed by atoms with Crippen LogP contribution in [0, 0.1) is 0 Å². The second-order valence-electron chi connectivity index (χ2n) is 6.19. The lowest BCUT2D eigenvalue weighted by atomic mass is 10.2. The first-order valence-corrected chi connectivity index (χ1v) is 8.84. The van der Waals surface area contributed by atoms with Crippen LogP contribution < -0.4 is 10.6 Å². The van der Waals surface area contributed by atoms with Crippen LogP contribution in [0.25, 0.3) is 11.4 Å². The number of aromatic nitrogens is 2. The largest absolute Gasteiger partial charge is 0.367 e. The molecule has 3 aromatic rings. The van der Waals surface area contributed by atoms with E-state index in [-0.39, 0.29) is 0 Å². The van der Waals surface area contributed by atoms with Gasteiger partial charge in [0, 0.05) is 29.2 Å². The number of anilines is 2. The molecular formula is C20H19ClN4. The minimum atomic E-state index is 0.537. The van der Waals surface area contributed by atoms with Crippen LogP contribution in [0.1, 0.15) is 18.4 Å². The molecular weight excluding hydrogens is 332 g/mol. The van der Waals surface area contributed by atoms with Gasteiger partial charge in [-0.25, -0.2) is 9.97 Å². The molecule has 126 valence electrons. The van der Waals surface area contributed by atoms with Gasteiger partial charge < -0.3 is 10.6 Å². The lowest BCUT2D eigenvalue weighted by molar-refractivity contribution is 1.06. The van der Waals surface area contributed by atoms with Gasteiger partial charge in [-0.05, 0) is 24.5 Å². The van der Waals surface area contributed by atoms with Crippen molar-refractivity contribution in [3.8, 4) is 11.4 Å². The molecule has 1 aromatic heterocycles. The predicted octanol–water partition coefficient (Wildman–Crippen LogP) is 4.98. The fourth-order valence-corrected chi connectivity index (χ4v) is 2.79. The van der Waals surface area contributed by atoms with Crippen molar-refractivity contribution >= 4 is 23.2 Å². The third-order valence-electron chi connectivity index (χ3n) is 4.11. The summed E-state index contributed by atoms with van der Waals surface area (Å²) in [5, 5.41) is 7.58. The molecule has 0 radical (unpaired) electrons. The third kappa shape index (κ3) is 4.09. The van der Waals surface area contributed by atoms with Crippen LogP contribution in [0.2, 0.25) is 5.02 Å². The Morgan fingerprint density at radius 1 is 0.920 bits per heavy atom. The maximum absolute atomic E-state index is 6.24. The highest BCUT2D eigenvalue weighted by molar-refractivity contribution is 6.31. The summed E-state index contributed by atoms with van der Waals surface area (Å²) in [6.45, 7) is 0.619. The molecule has 0 aliphatic heterocycles. The maximum atomic E-state index is 6.24. The van der Waals surface area contributed by atoms with Crippen molar-refractivity contribution in [3.63, 3.8) is 0 Å². The van der Waals surface area contributed by atoms with E-state index in [9.17, 15) is 0 Å². The Kier molecular flexibility index (Phi) is 4.53. The summed E-state index contributed by atoms with van der Waals surface area (Å²) >= 11 is 6.24. The van der Waals surface area contributed by atoms with Crippen LogP contribution in [-0.4, -0.2) is 16.0 Å². The molecule has 1 fully saturated rings. The zero-order valence-corrected chi connectivity index (χ0v) is 14.5. The van der Waals surface area contributed by atoms with Crippen LogP contribution >= 0.6 is 11.6 Å². The van der Waals surface area contributed by atoms with Crippen molar-refractivity contribution in [3.05, 3.63) is 71.2 Å². The quantitative estimate of drug-likeness (QED) is 0.658. The van der Waals surface area contributed by atoms with E-state index in [0.29, 0.717) is 18.4 Å². The SMILES string of the molecule is Clc1ccccc1CNc1cc(NC2CC2)nc(-c2ccccc2)n1. The Balaban J connectivity index is 1.60. The summed E-state index contributed by atoms with van der Waals surface area (Å²) in [5.74, 6) is 2.36. The fourth-order valence-electron chi connectivity index (χ4n) is 2.59. The molecule has 5 heteroatoms. The van der Waals surface area contributed by atoms with Crippen LogP contribution in [0.4, 0.5) is 11.6 Å². The van der Waals surface area contributed by atoms with E-state index in [4.69, 9.17) is 11.6 Å². The first kappa shape index (κ1) is 15.9. The zero-order valence-electron chi connectivity index (χ0n) is 13.7. The van der Waals surface area contributed by atoms with E-state index >= 15 is 0 Å². The van der Waals surface area contributed by atoms with E-state index in [2.05, 4.69) is 20.6 Å². The Labute approximate surface area is 152 Å². The van der Waals surface area contributed by atoms with Gasteiger partial charge in [0.25, 0.3) is 0 Å². The van der Waals surface area contributed by atoms with E-state index in [1.165, 1.54) is 12.8 Å². The number of hydrogen-bond donors (Lipinski definition) is 2. The summed E-state index contributed by atoms with van der Waals surface area (Å²) in [6.07, 6.45) is 2.40. The lowest BCUT2D eigenvalue weighted by Gasteiger charge is -2.12. The smallest absolute Gasteiger partial charge is 0.163 e. The Morgan fingerprint density at radius 3 is 2.40 bits per heavy atom. The summed E-state index contributed by atoms with van der Waals surface area (Å²) in [5.41, 5.74) is 2.04. The molecule has 1 aliphatic carbocycles. The van der Waals surface area contributed by atoms with Crippen LogP contribution in [0.3, 0.4) is 0 Å². The van der Waals surface area contributed by atoms with E-state index in [1.807, 2.05) is 60.7 Å². The fraction of sp³-hybridized carbons (Fsp3) is 0.200. The van der Waals surface area contributed by atoms with Gasteiger partial charge in [0.15, 0.2) is 5.82 Å². The maximum Gasteiger partial charge on any atom is 0.163 e. The van der Waals surface area contributed by atoms with Crippen molar-refractivity contribution in [2.24, 2.45) is 0 Å². The highest BCUT2D eigenvalue weighted by atomic mass is 35.5. The number of rotatable bonds is 6. The summed E-state index contributed by atoms with van der Waals surface area (Å²) in [6, 6.07) is 20.4. The lowest BCUT2D eigenvalue weighted by Crippen LogP contribution is -2.08. The molecule has 0 amide bonds. The number of halogens is 1. The van der Waals surface area contributed by atoms with Gasteiger partial charge in [-0.3, -0.25) is 0 Å². The van der Waals surface area contributed by atoms with Gasteiger partial charge in [0.05, 0.1) is 0 Å². The van der Waals surface area contributed by atoms with Crippen molar-refractivity contribution in [1.82, 2.24) is 9.97 Å². The van der Waals surface area contributed by atoms with Crippen molar-refractivity contribution < 1.29 is 0 Å². The number of nitrogens with zero attached hydrogens (tertiary/aromatic N) is 2. The van der Waals surface area contributed by atoms with Crippen LogP contribution in [-0.2, 0) is 6.54 Å². The van der Waals surface area contributed by atoms with E-state index < -0.39 is 0 Å². The third-order valence-corrected chi connectivity index (χ3v) is 4.47. The molecule has 4 rings (SSSR count). The number of nitrogens with one attached hydrogen (secondary N) is 2. The van der Waals surface area contributed by atoms with Gasteiger partial charge >= 0.3 is 0 Å². The summed E-state index contributed by atoms with van der Waals surface area (Å²) < 4.78 is 0. The average molecular weight is 351 g/mol. The first-order chi connectivity index (χ1) is 12.3. The van der Waals surface area contributed by atoms with Crippen LogP contribution in [0.15, 0.2) is 60.7 Å². The predicted molar refractivity (Wildman–Crippen MR) is 103 cm³/mol. The normalized spacial score (nSPS) is 13.5. The molecule has 0 spiro atoms. The molecule has 1 aliphatic rings. The number of benzene rings is 2. The molecule has 2 N–H and O–H groups in total. The van der Waals surface area contributed by atoms with Gasteiger partial charge in [0.1, 0.15) is 11.6 Å². The van der Waals surface area contributed by atoms with Gasteiger partial charge in [-0.1, -0.05) is 60.1 Å². The molecule has 0 atom stereocenters. The standard InChI is InChI=1S/C20H19ClN4/c21-17-9-5-4-8-15(17)13-22-18-12-19(23-16-10-11-16)25-20(24-18)14-6-2-1-3-7-14/h1-9,12,16H,10-11,13H2,(H2,22,23,24,25). The molecule has 25 heavy (non-hydrogen) atoms. The topological polar surface area (TPSA) is 49.8 Å². The van der Waals surface area contributed by atoms with E-state index in [1.54, 1.807) is 0 Å². The highest BCUT2D eigenvalue weighted by Crippen LogP contribution is 2.27. The molecule has 4 nitrogen and oxygen atoms in total. The monoisotopic (exact) mass is 350 g/mol. The van der Waals surface area contributed by atoms with E-state index in [0.717, 1.165) is 27.8 Å². The van der Waals surface area contributed by atoms with Crippen LogP contribution in [0.5, 0.6) is 0 Å². The Morgan fingerprint density at radius 2 is 1.64 bits per heavy atom. The molecule has 1 saturated carbocycles. The Bertz CT molecular complexity index is 863. The second-order valence-corrected chi connectivity index (χ2v) is 6.60. The summed E-state index contributed by atoms with van der Waals surface area (Å²) in [7, 11) is 0. The summed E-state index contributed by atoms with van der Waals surface area (Å²) in [4.78, 5) is 9.34.